The quantitative estimate of drug-likeness (QED) is 0.285. The molecule has 0 saturated heterocycles. The molecule has 0 spiro atoms. The third kappa shape index (κ3) is 4.47. The van der Waals surface area contributed by atoms with Crippen LogP contribution in [-0.4, -0.2) is 70.1 Å². The first kappa shape index (κ1) is 22.5. The van der Waals surface area contributed by atoms with Gasteiger partial charge in [-0.15, -0.1) is 5.10 Å². The van der Waals surface area contributed by atoms with Gasteiger partial charge in [0.15, 0.2) is 29.6 Å². The Labute approximate surface area is 192 Å². The maximum atomic E-state index is 5.45. The van der Waals surface area contributed by atoms with Gasteiger partial charge in [0.2, 0.25) is 0 Å². The third-order valence-corrected chi connectivity index (χ3v) is 5.64. The van der Waals surface area contributed by atoms with Gasteiger partial charge < -0.3 is 23.8 Å². The summed E-state index contributed by atoms with van der Waals surface area (Å²) in [5.74, 6) is 1.82. The molecular formula is C23H29N7O3. The number of benzene rings is 1. The summed E-state index contributed by atoms with van der Waals surface area (Å²) < 4.78 is 14.5. The fraction of sp³-hybridized carbons (Fsp3) is 0.391. The average molecular weight is 452 g/mol. The van der Waals surface area contributed by atoms with E-state index in [-0.39, 0.29) is 6.61 Å². The minimum Gasteiger partial charge on any atom is -0.493 e. The van der Waals surface area contributed by atoms with Crippen molar-refractivity contribution >= 4 is 22.9 Å². The van der Waals surface area contributed by atoms with Crippen LogP contribution < -0.4 is 9.47 Å². The molecule has 0 N–H and O–H groups in total. The fourth-order valence-electron chi connectivity index (χ4n) is 3.74. The number of rotatable bonds is 9. The number of hydrogen-bond acceptors (Lipinski definition) is 8. The largest absolute Gasteiger partial charge is 0.493 e. The number of fused-ring (bicyclic) bond motifs is 3. The predicted molar refractivity (Wildman–Crippen MR) is 126 cm³/mol. The van der Waals surface area contributed by atoms with E-state index in [1.54, 1.807) is 31.3 Å². The fourth-order valence-corrected chi connectivity index (χ4v) is 3.74. The zero-order valence-electron chi connectivity index (χ0n) is 19.9. The van der Waals surface area contributed by atoms with Gasteiger partial charge in [0.05, 0.1) is 25.8 Å². The van der Waals surface area contributed by atoms with Gasteiger partial charge in [0.1, 0.15) is 12.0 Å². The van der Waals surface area contributed by atoms with E-state index < -0.39 is 0 Å². The lowest BCUT2D eigenvalue weighted by atomic mass is 10.2. The average Bonchev–Trinajstić information content (AvgIpc) is 3.33. The van der Waals surface area contributed by atoms with Crippen LogP contribution >= 0.6 is 0 Å². The summed E-state index contributed by atoms with van der Waals surface area (Å²) >= 11 is 0. The van der Waals surface area contributed by atoms with Crippen LogP contribution in [0, 0.1) is 13.8 Å². The van der Waals surface area contributed by atoms with E-state index in [4.69, 9.17) is 19.3 Å². The molecule has 0 amide bonds. The van der Waals surface area contributed by atoms with Crippen LogP contribution in [0.2, 0.25) is 0 Å². The lowest BCUT2D eigenvalue weighted by Gasteiger charge is -2.12. The Bertz CT molecular complexity index is 1310. The van der Waals surface area contributed by atoms with Gasteiger partial charge in [0, 0.05) is 24.3 Å². The van der Waals surface area contributed by atoms with Crippen LogP contribution in [0.4, 0.5) is 0 Å². The molecule has 0 atom stereocenters. The Kier molecular flexibility index (Phi) is 6.45. The molecule has 174 valence electrons. The molecule has 0 aliphatic heterocycles. The zero-order chi connectivity index (χ0) is 23.5. The highest BCUT2D eigenvalue weighted by Crippen LogP contribution is 2.28. The molecule has 4 rings (SSSR count). The summed E-state index contributed by atoms with van der Waals surface area (Å²) in [6.45, 7) is 6.16. The molecule has 0 saturated carbocycles. The summed E-state index contributed by atoms with van der Waals surface area (Å²) in [4.78, 5) is 17.0. The molecule has 10 heteroatoms. The Morgan fingerprint density at radius 2 is 1.88 bits per heavy atom. The second kappa shape index (κ2) is 9.45. The topological polar surface area (TPSA) is 91.3 Å². The molecule has 3 aromatic heterocycles. The molecule has 33 heavy (non-hydrogen) atoms. The molecule has 0 bridgehead atoms. The maximum Gasteiger partial charge on any atom is 0.192 e. The van der Waals surface area contributed by atoms with Crippen molar-refractivity contribution in [1.29, 1.82) is 0 Å². The van der Waals surface area contributed by atoms with Crippen LogP contribution in [0.25, 0.3) is 16.7 Å². The van der Waals surface area contributed by atoms with Gasteiger partial charge in [-0.2, -0.15) is 0 Å². The molecule has 4 aromatic rings. The molecule has 0 aliphatic rings. The molecule has 0 aliphatic carbocycles. The lowest BCUT2D eigenvalue weighted by molar-refractivity contribution is 0.126. The number of aromatic nitrogens is 5. The second-order valence-corrected chi connectivity index (χ2v) is 8.03. The van der Waals surface area contributed by atoms with Crippen LogP contribution in [-0.2, 0) is 18.0 Å². The Morgan fingerprint density at radius 1 is 1.09 bits per heavy atom. The van der Waals surface area contributed by atoms with Crippen molar-refractivity contribution in [2.75, 3.05) is 34.9 Å². The van der Waals surface area contributed by atoms with Gasteiger partial charge in [0.25, 0.3) is 0 Å². The second-order valence-electron chi connectivity index (χ2n) is 8.03. The SMILES string of the molecule is COc1ccc(C=NOCc2nc3c4c(C)c(C)n(CCN(C)C)c4ncn3n2)cc1OC. The van der Waals surface area contributed by atoms with Crippen molar-refractivity contribution in [2.24, 2.45) is 5.16 Å². The highest BCUT2D eigenvalue weighted by Gasteiger charge is 2.18. The van der Waals surface area contributed by atoms with E-state index in [9.17, 15) is 0 Å². The summed E-state index contributed by atoms with van der Waals surface area (Å²) in [6.07, 6.45) is 3.31. The van der Waals surface area contributed by atoms with Crippen molar-refractivity contribution in [3.8, 4) is 11.5 Å². The molecule has 1 aromatic carbocycles. The number of aryl methyl sites for hydroxylation is 1. The predicted octanol–water partition coefficient (Wildman–Crippen LogP) is 2.83. The molecule has 0 fully saturated rings. The van der Waals surface area contributed by atoms with E-state index in [0.717, 1.165) is 40.9 Å². The van der Waals surface area contributed by atoms with Crippen molar-refractivity contribution in [2.45, 2.75) is 27.0 Å². The van der Waals surface area contributed by atoms with Gasteiger partial charge in [-0.05, 0) is 51.7 Å². The van der Waals surface area contributed by atoms with E-state index in [1.807, 2.05) is 18.2 Å². The number of likely N-dealkylation sites (N-methyl/N-ethyl adjacent to an activating group) is 1. The van der Waals surface area contributed by atoms with Gasteiger partial charge in [-0.1, -0.05) is 5.16 Å². The Balaban J connectivity index is 1.53. The van der Waals surface area contributed by atoms with Crippen molar-refractivity contribution in [3.63, 3.8) is 0 Å². The Morgan fingerprint density at radius 3 is 2.61 bits per heavy atom. The van der Waals surface area contributed by atoms with Crippen molar-refractivity contribution in [1.82, 2.24) is 29.0 Å². The van der Waals surface area contributed by atoms with Crippen LogP contribution in [0.1, 0.15) is 22.6 Å². The number of oxime groups is 1. The van der Waals surface area contributed by atoms with Crippen LogP contribution in [0.3, 0.4) is 0 Å². The normalized spacial score (nSPS) is 11.8. The minimum atomic E-state index is 0.145. The molecular weight excluding hydrogens is 422 g/mol. The third-order valence-electron chi connectivity index (χ3n) is 5.64. The summed E-state index contributed by atoms with van der Waals surface area (Å²) in [5, 5.41) is 9.56. The van der Waals surface area contributed by atoms with E-state index in [1.165, 1.54) is 5.69 Å². The van der Waals surface area contributed by atoms with Gasteiger partial charge >= 0.3 is 0 Å². The van der Waals surface area contributed by atoms with Gasteiger partial charge in [-0.3, -0.25) is 0 Å². The first-order chi connectivity index (χ1) is 15.9. The van der Waals surface area contributed by atoms with E-state index in [0.29, 0.717) is 17.3 Å². The van der Waals surface area contributed by atoms with Gasteiger partial charge in [-0.25, -0.2) is 14.5 Å². The smallest absolute Gasteiger partial charge is 0.192 e. The Hall–Kier alpha value is -3.66. The molecule has 10 nitrogen and oxygen atoms in total. The van der Waals surface area contributed by atoms with E-state index in [2.05, 4.69) is 52.6 Å². The number of ether oxygens (including phenoxy) is 2. The maximum absolute atomic E-state index is 5.45. The monoisotopic (exact) mass is 451 g/mol. The zero-order valence-corrected chi connectivity index (χ0v) is 19.9. The molecule has 3 heterocycles. The molecule has 0 unspecified atom stereocenters. The summed E-state index contributed by atoms with van der Waals surface area (Å²) in [6, 6.07) is 5.51. The van der Waals surface area contributed by atoms with Crippen LogP contribution in [0.15, 0.2) is 29.7 Å². The van der Waals surface area contributed by atoms with Crippen molar-refractivity contribution < 1.29 is 14.3 Å². The summed E-state index contributed by atoms with van der Waals surface area (Å²) in [5.41, 5.74) is 4.87. The number of nitrogens with zero attached hydrogens (tertiary/aromatic N) is 7. The van der Waals surface area contributed by atoms with Crippen LogP contribution in [0.5, 0.6) is 11.5 Å². The summed E-state index contributed by atoms with van der Waals surface area (Å²) in [7, 11) is 7.33. The molecule has 0 radical (unpaired) electrons. The minimum absolute atomic E-state index is 0.145. The lowest BCUT2D eigenvalue weighted by Crippen LogP contribution is -2.19. The first-order valence-corrected chi connectivity index (χ1v) is 10.6. The first-order valence-electron chi connectivity index (χ1n) is 10.6. The number of hydrogen-bond donors (Lipinski definition) is 0. The van der Waals surface area contributed by atoms with Crippen molar-refractivity contribution in [3.05, 3.63) is 47.2 Å². The standard InChI is InChI=1S/C23H29N7O3/c1-15-16(2)29(10-9-28(3)4)22-21(15)23-26-20(27-30(23)14-24-22)13-33-25-12-17-7-8-18(31-5)19(11-17)32-6/h7-8,11-12,14H,9-10,13H2,1-6H3. The highest BCUT2D eigenvalue weighted by atomic mass is 16.6. The highest BCUT2D eigenvalue weighted by molar-refractivity contribution is 5.93. The number of methoxy groups -OCH3 is 2. The van der Waals surface area contributed by atoms with E-state index >= 15 is 0 Å².